The summed E-state index contributed by atoms with van der Waals surface area (Å²) in [4.78, 5) is 12.6. The summed E-state index contributed by atoms with van der Waals surface area (Å²) in [7, 11) is 0. The largest absolute Gasteiger partial charge is 0.492 e. The van der Waals surface area contributed by atoms with Crippen molar-refractivity contribution in [3.63, 3.8) is 0 Å². The standard InChI is InChI=1S/C28H33F3N6O2/c1-20-23-9-5-21(6-10-23)17-25-35-26(37-27(36-25)39-19-28(29,30)31)34-18-22-7-11-24(12-8-22)38-16-15-32-13-3-2-4-14-33-20/h5-12,32-33H,1-4,13-19H2,(H,34,35,36,37). The van der Waals surface area contributed by atoms with Gasteiger partial charge in [-0.05, 0) is 48.2 Å². The fourth-order valence-electron chi connectivity index (χ4n) is 3.92. The van der Waals surface area contributed by atoms with Crippen LogP contribution in [0, 0.1) is 0 Å². The lowest BCUT2D eigenvalue weighted by atomic mass is 10.1. The summed E-state index contributed by atoms with van der Waals surface area (Å²) >= 11 is 0. The first kappa shape index (κ1) is 28.2. The third-order valence-corrected chi connectivity index (χ3v) is 5.98. The van der Waals surface area contributed by atoms with Crippen molar-refractivity contribution in [3.8, 4) is 11.8 Å². The van der Waals surface area contributed by atoms with Gasteiger partial charge in [0.15, 0.2) is 6.61 Å². The highest BCUT2D eigenvalue weighted by molar-refractivity contribution is 5.61. The molecule has 6 bridgehead atoms. The molecule has 3 N–H and O–H groups in total. The molecule has 0 atom stereocenters. The highest BCUT2D eigenvalue weighted by Crippen LogP contribution is 2.19. The number of aromatic nitrogens is 3. The first-order valence-electron chi connectivity index (χ1n) is 13.0. The molecule has 6 rings (SSSR count). The van der Waals surface area contributed by atoms with Crippen LogP contribution in [0.5, 0.6) is 11.8 Å². The molecule has 2 aromatic carbocycles. The van der Waals surface area contributed by atoms with Gasteiger partial charge in [0.05, 0.1) is 0 Å². The molecule has 0 amide bonds. The van der Waals surface area contributed by atoms with Crippen LogP contribution in [0.3, 0.4) is 0 Å². The quantitative estimate of drug-likeness (QED) is 0.428. The van der Waals surface area contributed by atoms with Crippen LogP contribution in [0.2, 0.25) is 0 Å². The van der Waals surface area contributed by atoms with Crippen molar-refractivity contribution in [2.45, 2.75) is 38.4 Å². The predicted molar refractivity (Wildman–Crippen MR) is 144 cm³/mol. The molecule has 8 nitrogen and oxygen atoms in total. The van der Waals surface area contributed by atoms with E-state index in [0.29, 0.717) is 19.6 Å². The van der Waals surface area contributed by atoms with Gasteiger partial charge in [0.2, 0.25) is 5.95 Å². The Hall–Kier alpha value is -3.86. The SMILES string of the molecule is C=C1NCCCCCNCCOc2ccc(cc2)CNc2nc(nc(OCC(F)(F)F)n2)Cc2ccc1cc2. The molecule has 0 unspecified atom stereocenters. The van der Waals surface area contributed by atoms with Crippen LogP contribution in [-0.4, -0.2) is 54.0 Å². The second kappa shape index (κ2) is 13.8. The predicted octanol–water partition coefficient (Wildman–Crippen LogP) is 4.73. The third kappa shape index (κ3) is 9.75. The van der Waals surface area contributed by atoms with Crippen LogP contribution in [0.15, 0.2) is 55.1 Å². The van der Waals surface area contributed by atoms with Gasteiger partial charge in [-0.25, -0.2) is 0 Å². The molecule has 0 spiro atoms. The summed E-state index contributed by atoms with van der Waals surface area (Å²) in [5.41, 5.74) is 3.61. The fourth-order valence-corrected chi connectivity index (χ4v) is 3.92. The van der Waals surface area contributed by atoms with E-state index in [4.69, 9.17) is 9.47 Å². The number of nitrogens with one attached hydrogen (secondary N) is 3. The van der Waals surface area contributed by atoms with E-state index in [1.807, 2.05) is 48.5 Å². The maximum atomic E-state index is 12.8. The molecule has 0 aliphatic carbocycles. The zero-order chi connectivity index (χ0) is 27.5. The minimum absolute atomic E-state index is 0.128. The Morgan fingerprint density at radius 3 is 2.36 bits per heavy atom. The molecule has 39 heavy (non-hydrogen) atoms. The van der Waals surface area contributed by atoms with Crippen molar-refractivity contribution in [2.75, 3.05) is 38.2 Å². The van der Waals surface area contributed by atoms with E-state index in [2.05, 4.69) is 37.5 Å². The topological polar surface area (TPSA) is 93.2 Å². The molecule has 208 valence electrons. The molecule has 11 heteroatoms. The highest BCUT2D eigenvalue weighted by atomic mass is 19.4. The van der Waals surface area contributed by atoms with E-state index < -0.39 is 12.8 Å². The van der Waals surface area contributed by atoms with Gasteiger partial charge in [-0.2, -0.15) is 28.1 Å². The number of anilines is 1. The van der Waals surface area contributed by atoms with Crippen molar-refractivity contribution >= 4 is 11.6 Å². The van der Waals surface area contributed by atoms with Gasteiger partial charge < -0.3 is 25.4 Å². The van der Waals surface area contributed by atoms with Crippen LogP contribution in [0.1, 0.15) is 41.8 Å². The van der Waals surface area contributed by atoms with Gasteiger partial charge in [-0.15, -0.1) is 0 Å². The molecule has 0 radical (unpaired) electrons. The fraction of sp³-hybridized carbons (Fsp3) is 0.393. The van der Waals surface area contributed by atoms with Crippen LogP contribution >= 0.6 is 0 Å². The van der Waals surface area contributed by atoms with Crippen LogP contribution in [0.25, 0.3) is 5.70 Å². The average Bonchev–Trinajstić information content (AvgIpc) is 2.92. The molecular weight excluding hydrogens is 509 g/mol. The summed E-state index contributed by atoms with van der Waals surface area (Å²) in [5.74, 6) is 1.18. The number of hydrogen-bond donors (Lipinski definition) is 3. The van der Waals surface area contributed by atoms with E-state index in [-0.39, 0.29) is 17.8 Å². The van der Waals surface area contributed by atoms with Crippen LogP contribution < -0.4 is 25.4 Å². The Kier molecular flexibility index (Phi) is 9.96. The zero-order valence-corrected chi connectivity index (χ0v) is 21.7. The number of fused-ring (bicyclic) bond motifs is 2. The van der Waals surface area contributed by atoms with Gasteiger partial charge in [-0.3, -0.25) is 0 Å². The third-order valence-electron chi connectivity index (χ3n) is 5.98. The molecular formula is C28H33F3N6O2. The Morgan fingerprint density at radius 1 is 0.846 bits per heavy atom. The highest BCUT2D eigenvalue weighted by Gasteiger charge is 2.29. The normalized spacial score (nSPS) is 15.8. The Balaban J connectivity index is 1.52. The lowest BCUT2D eigenvalue weighted by molar-refractivity contribution is -0.154. The van der Waals surface area contributed by atoms with Gasteiger partial charge in [0.1, 0.15) is 18.2 Å². The van der Waals surface area contributed by atoms with Crippen molar-refractivity contribution in [3.05, 3.63) is 77.6 Å². The van der Waals surface area contributed by atoms with Gasteiger partial charge in [0.25, 0.3) is 0 Å². The van der Waals surface area contributed by atoms with Gasteiger partial charge >= 0.3 is 12.2 Å². The van der Waals surface area contributed by atoms with Gasteiger partial charge in [-0.1, -0.05) is 49.4 Å². The van der Waals surface area contributed by atoms with Crippen molar-refractivity contribution in [1.82, 2.24) is 25.6 Å². The smallest absolute Gasteiger partial charge is 0.422 e. The molecule has 0 saturated heterocycles. The average molecular weight is 543 g/mol. The molecule has 1 aromatic heterocycles. The summed E-state index contributed by atoms with van der Waals surface area (Å²) in [6.07, 6.45) is -0.990. The second-order valence-electron chi connectivity index (χ2n) is 9.20. The summed E-state index contributed by atoms with van der Waals surface area (Å²) in [5, 5.41) is 9.83. The lowest BCUT2D eigenvalue weighted by Crippen LogP contribution is -2.22. The maximum absolute atomic E-state index is 12.8. The van der Waals surface area contributed by atoms with Crippen molar-refractivity contribution in [1.29, 1.82) is 0 Å². The van der Waals surface area contributed by atoms with E-state index in [1.54, 1.807) is 0 Å². The van der Waals surface area contributed by atoms with E-state index >= 15 is 0 Å². The second-order valence-corrected chi connectivity index (χ2v) is 9.20. The number of nitrogens with zero attached hydrogens (tertiary/aromatic N) is 3. The number of alkyl halides is 3. The lowest BCUT2D eigenvalue weighted by Gasteiger charge is -2.12. The molecule has 0 saturated carbocycles. The number of ether oxygens (including phenoxy) is 2. The minimum Gasteiger partial charge on any atom is -0.492 e. The molecule has 3 aliphatic rings. The summed E-state index contributed by atoms with van der Waals surface area (Å²) in [6, 6.07) is 14.9. The molecule has 3 aliphatic heterocycles. The van der Waals surface area contributed by atoms with E-state index in [9.17, 15) is 13.2 Å². The van der Waals surface area contributed by atoms with E-state index in [1.165, 1.54) is 0 Å². The van der Waals surface area contributed by atoms with Gasteiger partial charge in [0, 0.05) is 31.8 Å². The number of halogens is 3. The molecule has 4 heterocycles. The first-order valence-corrected chi connectivity index (χ1v) is 13.0. The van der Waals surface area contributed by atoms with Crippen LogP contribution in [-0.2, 0) is 13.0 Å². The molecule has 3 aromatic rings. The van der Waals surface area contributed by atoms with Crippen LogP contribution in [0.4, 0.5) is 19.1 Å². The summed E-state index contributed by atoms with van der Waals surface area (Å²) < 4.78 is 48.9. The van der Waals surface area contributed by atoms with Crippen molar-refractivity contribution < 1.29 is 22.6 Å². The Bertz CT molecular complexity index is 1200. The zero-order valence-electron chi connectivity index (χ0n) is 21.7. The minimum atomic E-state index is -4.51. The maximum Gasteiger partial charge on any atom is 0.422 e. The number of rotatable bonds is 2. The monoisotopic (exact) mass is 542 g/mol. The first-order chi connectivity index (χ1) is 18.8. The number of benzene rings is 2. The Morgan fingerprint density at radius 2 is 1.59 bits per heavy atom. The molecule has 0 fully saturated rings. The van der Waals surface area contributed by atoms with Crippen molar-refractivity contribution in [2.24, 2.45) is 0 Å². The summed E-state index contributed by atoms with van der Waals surface area (Å²) in [6.45, 7) is 6.09. The Labute approximate surface area is 226 Å². The van der Waals surface area contributed by atoms with E-state index in [0.717, 1.165) is 67.0 Å². The number of hydrogen-bond acceptors (Lipinski definition) is 8.